The first-order valence-corrected chi connectivity index (χ1v) is 12.7. The van der Waals surface area contributed by atoms with Crippen LogP contribution in [0.1, 0.15) is 124 Å². The lowest BCUT2D eigenvalue weighted by Crippen LogP contribution is -2.36. The minimum Gasteiger partial charge on any atom is -0.481 e. The molecule has 176 valence electrons. The third kappa shape index (κ3) is 16.5. The molecule has 0 heterocycles. The number of carbonyl (C=O) groups excluding carboxylic acids is 1. The zero-order chi connectivity index (χ0) is 22.5. The number of rotatable bonds is 21. The van der Waals surface area contributed by atoms with Gasteiger partial charge >= 0.3 is 5.97 Å². The summed E-state index contributed by atoms with van der Waals surface area (Å²) in [5, 5.41) is 9.12. The molecule has 1 N–H and O–H groups in total. The largest absolute Gasteiger partial charge is 0.481 e. The molecule has 0 saturated carbocycles. The summed E-state index contributed by atoms with van der Waals surface area (Å²) in [5.74, 6) is -1.21. The molecule has 0 aromatic rings. The summed E-state index contributed by atoms with van der Waals surface area (Å²) >= 11 is 0. The van der Waals surface area contributed by atoms with Gasteiger partial charge in [0.2, 0.25) is 5.91 Å². The van der Waals surface area contributed by atoms with E-state index in [1.54, 1.807) is 4.90 Å². The predicted octanol–water partition coefficient (Wildman–Crippen LogP) is 7.37. The molecule has 0 saturated heterocycles. The van der Waals surface area contributed by atoms with Crippen LogP contribution in [0.5, 0.6) is 0 Å². The number of aliphatic carboxylic acids is 1. The van der Waals surface area contributed by atoms with Gasteiger partial charge in [0.25, 0.3) is 0 Å². The van der Waals surface area contributed by atoms with E-state index < -0.39 is 5.97 Å². The van der Waals surface area contributed by atoms with Gasteiger partial charge in [0.15, 0.2) is 0 Å². The second kappa shape index (κ2) is 20.9. The second-order valence-electron chi connectivity index (χ2n) is 8.53. The van der Waals surface area contributed by atoms with Crippen LogP contribution in [0.2, 0.25) is 0 Å². The average molecular weight is 424 g/mol. The van der Waals surface area contributed by atoms with Crippen molar-refractivity contribution in [3.05, 3.63) is 12.2 Å². The Morgan fingerprint density at radius 2 is 1.20 bits per heavy atom. The number of unbranched alkanes of at least 4 members (excludes halogenated alkanes) is 12. The summed E-state index contributed by atoms with van der Waals surface area (Å²) in [7, 11) is 0. The van der Waals surface area contributed by atoms with Gasteiger partial charge in [0.05, 0.1) is 6.42 Å². The van der Waals surface area contributed by atoms with Crippen molar-refractivity contribution in [1.82, 2.24) is 4.90 Å². The Morgan fingerprint density at radius 3 is 1.67 bits per heavy atom. The molecule has 0 fully saturated rings. The molecule has 4 nitrogen and oxygen atoms in total. The number of carboxylic acids is 1. The molecule has 1 atom stereocenters. The minimum atomic E-state index is -0.867. The lowest BCUT2D eigenvalue weighted by atomic mass is 9.95. The Balaban J connectivity index is 3.65. The van der Waals surface area contributed by atoms with Crippen LogP contribution in [0.3, 0.4) is 0 Å². The third-order valence-corrected chi connectivity index (χ3v) is 5.89. The molecule has 0 radical (unpaired) electrons. The maximum atomic E-state index is 12.5. The predicted molar refractivity (Wildman–Crippen MR) is 128 cm³/mol. The number of nitrogens with zero attached hydrogens (tertiary/aromatic N) is 1. The third-order valence-electron chi connectivity index (χ3n) is 5.89. The SMILES string of the molecule is CCC/C=C/CCCCCCCCCCCCCC(CC(=O)O)C(=O)N(CC)CC. The molecular weight excluding hydrogens is 374 g/mol. The Hall–Kier alpha value is -1.32. The van der Waals surface area contributed by atoms with E-state index in [2.05, 4.69) is 19.1 Å². The highest BCUT2D eigenvalue weighted by Crippen LogP contribution is 2.19. The molecule has 0 aliphatic heterocycles. The van der Waals surface area contributed by atoms with Crippen LogP contribution < -0.4 is 0 Å². The molecule has 0 rings (SSSR count). The van der Waals surface area contributed by atoms with Gasteiger partial charge < -0.3 is 10.0 Å². The summed E-state index contributed by atoms with van der Waals surface area (Å²) in [5.41, 5.74) is 0. The Morgan fingerprint density at radius 1 is 0.733 bits per heavy atom. The van der Waals surface area contributed by atoms with Crippen molar-refractivity contribution < 1.29 is 14.7 Å². The van der Waals surface area contributed by atoms with E-state index in [0.29, 0.717) is 19.5 Å². The van der Waals surface area contributed by atoms with Gasteiger partial charge in [-0.15, -0.1) is 0 Å². The van der Waals surface area contributed by atoms with Gasteiger partial charge in [-0.25, -0.2) is 0 Å². The standard InChI is InChI=1S/C26H49NO3/c1-4-7-8-9-10-11-12-13-14-15-16-17-18-19-20-21-22-24(23-25(28)29)26(30)27(5-2)6-3/h8-9,24H,4-7,10-23H2,1-3H3,(H,28,29)/b9-8+. The van der Waals surface area contributed by atoms with Crippen molar-refractivity contribution in [2.45, 2.75) is 124 Å². The van der Waals surface area contributed by atoms with Gasteiger partial charge in [-0.1, -0.05) is 89.7 Å². The fraction of sp³-hybridized carbons (Fsp3) is 0.846. The number of allylic oxidation sites excluding steroid dienone is 2. The van der Waals surface area contributed by atoms with Crippen LogP contribution in [-0.4, -0.2) is 35.0 Å². The maximum absolute atomic E-state index is 12.5. The monoisotopic (exact) mass is 423 g/mol. The highest BCUT2D eigenvalue weighted by molar-refractivity contribution is 5.83. The van der Waals surface area contributed by atoms with E-state index >= 15 is 0 Å². The zero-order valence-electron chi connectivity index (χ0n) is 20.2. The summed E-state index contributed by atoms with van der Waals surface area (Å²) in [6.07, 6.45) is 23.0. The number of carbonyl (C=O) groups is 2. The molecule has 0 aliphatic rings. The summed E-state index contributed by atoms with van der Waals surface area (Å²) in [4.78, 5) is 25.4. The highest BCUT2D eigenvalue weighted by atomic mass is 16.4. The Kier molecular flexibility index (Phi) is 20.0. The molecule has 30 heavy (non-hydrogen) atoms. The van der Waals surface area contributed by atoms with Crippen LogP contribution in [0.15, 0.2) is 12.2 Å². The molecule has 0 aromatic heterocycles. The fourth-order valence-electron chi connectivity index (χ4n) is 3.96. The molecule has 1 amide bonds. The van der Waals surface area contributed by atoms with Crippen LogP contribution in [-0.2, 0) is 9.59 Å². The van der Waals surface area contributed by atoms with Crippen molar-refractivity contribution in [2.75, 3.05) is 13.1 Å². The van der Waals surface area contributed by atoms with E-state index in [1.807, 2.05) is 13.8 Å². The zero-order valence-corrected chi connectivity index (χ0v) is 20.2. The lowest BCUT2D eigenvalue weighted by Gasteiger charge is -2.24. The smallest absolute Gasteiger partial charge is 0.304 e. The molecule has 0 bridgehead atoms. The first-order chi connectivity index (χ1) is 14.6. The van der Waals surface area contributed by atoms with Crippen molar-refractivity contribution in [2.24, 2.45) is 5.92 Å². The normalized spacial score (nSPS) is 12.4. The Bertz CT molecular complexity index is 444. The molecular formula is C26H49NO3. The van der Waals surface area contributed by atoms with E-state index in [-0.39, 0.29) is 18.2 Å². The van der Waals surface area contributed by atoms with E-state index in [9.17, 15) is 9.59 Å². The highest BCUT2D eigenvalue weighted by Gasteiger charge is 2.24. The van der Waals surface area contributed by atoms with Gasteiger partial charge in [-0.3, -0.25) is 9.59 Å². The first-order valence-electron chi connectivity index (χ1n) is 12.7. The van der Waals surface area contributed by atoms with Crippen LogP contribution in [0.25, 0.3) is 0 Å². The summed E-state index contributed by atoms with van der Waals surface area (Å²) in [6, 6.07) is 0. The van der Waals surface area contributed by atoms with E-state index in [0.717, 1.165) is 12.8 Å². The average Bonchev–Trinajstić information content (AvgIpc) is 2.73. The van der Waals surface area contributed by atoms with Crippen molar-refractivity contribution in [1.29, 1.82) is 0 Å². The number of carboxylic acid groups (broad SMARTS) is 1. The van der Waals surface area contributed by atoms with Gasteiger partial charge in [0.1, 0.15) is 0 Å². The van der Waals surface area contributed by atoms with Crippen molar-refractivity contribution >= 4 is 11.9 Å². The van der Waals surface area contributed by atoms with Gasteiger partial charge in [-0.05, 0) is 39.5 Å². The van der Waals surface area contributed by atoms with Crippen molar-refractivity contribution in [3.63, 3.8) is 0 Å². The first kappa shape index (κ1) is 28.7. The molecule has 1 unspecified atom stereocenters. The van der Waals surface area contributed by atoms with E-state index in [1.165, 1.54) is 77.0 Å². The minimum absolute atomic E-state index is 0.0133. The molecule has 0 aromatic carbocycles. The second-order valence-corrected chi connectivity index (χ2v) is 8.53. The van der Waals surface area contributed by atoms with Crippen LogP contribution in [0.4, 0.5) is 0 Å². The number of hydrogen-bond donors (Lipinski definition) is 1. The number of hydrogen-bond acceptors (Lipinski definition) is 2. The molecule has 4 heteroatoms. The molecule has 0 spiro atoms. The van der Waals surface area contributed by atoms with E-state index in [4.69, 9.17) is 5.11 Å². The topological polar surface area (TPSA) is 57.6 Å². The van der Waals surface area contributed by atoms with Gasteiger partial charge in [0, 0.05) is 19.0 Å². The maximum Gasteiger partial charge on any atom is 0.304 e. The fourth-order valence-corrected chi connectivity index (χ4v) is 3.96. The quantitative estimate of drug-likeness (QED) is 0.155. The summed E-state index contributed by atoms with van der Waals surface area (Å²) < 4.78 is 0. The van der Waals surface area contributed by atoms with Crippen LogP contribution >= 0.6 is 0 Å². The van der Waals surface area contributed by atoms with Crippen molar-refractivity contribution in [3.8, 4) is 0 Å². The number of amides is 1. The Labute approximate surface area is 186 Å². The van der Waals surface area contributed by atoms with Crippen LogP contribution in [0, 0.1) is 5.92 Å². The van der Waals surface area contributed by atoms with Gasteiger partial charge in [-0.2, -0.15) is 0 Å². The molecule has 0 aliphatic carbocycles. The summed E-state index contributed by atoms with van der Waals surface area (Å²) in [6.45, 7) is 7.43. The lowest BCUT2D eigenvalue weighted by molar-refractivity contribution is -0.144.